The monoisotopic (exact) mass is 347 g/mol. The van der Waals surface area contributed by atoms with Crippen LogP contribution in [0.3, 0.4) is 0 Å². The zero-order chi connectivity index (χ0) is 17.1. The van der Waals surface area contributed by atoms with Crippen molar-refractivity contribution in [3.63, 3.8) is 0 Å². The van der Waals surface area contributed by atoms with Gasteiger partial charge < -0.3 is 9.63 Å². The van der Waals surface area contributed by atoms with Crippen molar-refractivity contribution in [3.8, 4) is 22.6 Å². The summed E-state index contributed by atoms with van der Waals surface area (Å²) in [6.07, 6.45) is 1.65. The van der Waals surface area contributed by atoms with Crippen LogP contribution in [-0.4, -0.2) is 33.4 Å². The number of fused-ring (bicyclic) bond motifs is 2. The van der Waals surface area contributed by atoms with Crippen molar-refractivity contribution < 1.29 is 24.0 Å². The van der Waals surface area contributed by atoms with Crippen molar-refractivity contribution in [3.05, 3.63) is 47.0 Å². The fourth-order valence-corrected chi connectivity index (χ4v) is 4.29. The number of phosphoric acid groups is 1. The summed E-state index contributed by atoms with van der Waals surface area (Å²) in [5.41, 5.74) is 4.79. The van der Waals surface area contributed by atoms with Crippen molar-refractivity contribution in [1.29, 1.82) is 0 Å². The largest absolute Gasteiger partial charge is 0.524 e. The quantitative estimate of drug-likeness (QED) is 0.724. The molecule has 2 aliphatic rings. The molecule has 3 N–H and O–H groups in total. The summed E-state index contributed by atoms with van der Waals surface area (Å²) in [7, 11) is -2.69. The van der Waals surface area contributed by atoms with E-state index in [0.29, 0.717) is 12.0 Å². The number of benzene rings is 2. The van der Waals surface area contributed by atoms with Crippen LogP contribution in [0.1, 0.15) is 22.7 Å². The fraction of sp³-hybridized carbons (Fsp3) is 0.294. The second-order valence-electron chi connectivity index (χ2n) is 6.36. The molecule has 0 saturated carbocycles. The summed E-state index contributed by atoms with van der Waals surface area (Å²) in [5, 5.41) is 10.1. The van der Waals surface area contributed by atoms with Crippen LogP contribution >= 0.6 is 7.82 Å². The van der Waals surface area contributed by atoms with Crippen molar-refractivity contribution in [2.24, 2.45) is 0 Å². The van der Waals surface area contributed by atoms with Crippen LogP contribution in [0.4, 0.5) is 0 Å². The third-order valence-corrected chi connectivity index (χ3v) is 5.33. The maximum atomic E-state index is 11.4. The van der Waals surface area contributed by atoms with Gasteiger partial charge in [0.2, 0.25) is 0 Å². The summed E-state index contributed by atoms with van der Waals surface area (Å²) in [6.45, 7) is 0.973. The second-order valence-corrected chi connectivity index (χ2v) is 7.52. The highest BCUT2D eigenvalue weighted by molar-refractivity contribution is 7.46. The maximum Gasteiger partial charge on any atom is 0.524 e. The Hall–Kier alpha value is -1.85. The Kier molecular flexibility index (Phi) is 3.48. The highest BCUT2D eigenvalue weighted by atomic mass is 31.2. The van der Waals surface area contributed by atoms with Crippen molar-refractivity contribution in [2.45, 2.75) is 18.9 Å². The van der Waals surface area contributed by atoms with E-state index >= 15 is 0 Å². The standard InChI is InChI=1S/C17H18NO5P/c1-18-8-7-10-3-2-4-12-15(10)13(18)9-11-5-6-14(19)17(16(11)12)23-24(20,21)22/h2-6,13,19H,7-9H2,1H3,(H2,20,21,22). The minimum Gasteiger partial charge on any atom is -0.504 e. The summed E-state index contributed by atoms with van der Waals surface area (Å²) in [6, 6.07) is 9.42. The van der Waals surface area contributed by atoms with E-state index in [1.54, 1.807) is 6.07 Å². The maximum absolute atomic E-state index is 11.4. The van der Waals surface area contributed by atoms with Crippen molar-refractivity contribution in [2.75, 3.05) is 13.6 Å². The molecular formula is C17H18NO5P. The molecular weight excluding hydrogens is 329 g/mol. The molecule has 0 spiro atoms. The number of aromatic hydroxyl groups is 1. The minimum atomic E-state index is -4.78. The van der Waals surface area contributed by atoms with Gasteiger partial charge in [-0.15, -0.1) is 0 Å². The van der Waals surface area contributed by atoms with Crippen LogP contribution < -0.4 is 4.52 Å². The molecule has 7 heteroatoms. The van der Waals surface area contributed by atoms with Crippen LogP contribution in [0.5, 0.6) is 11.5 Å². The van der Waals surface area contributed by atoms with Gasteiger partial charge in [-0.05, 0) is 48.2 Å². The highest BCUT2D eigenvalue weighted by Gasteiger charge is 2.35. The first-order valence-corrected chi connectivity index (χ1v) is 9.30. The Bertz CT molecular complexity index is 876. The van der Waals surface area contributed by atoms with E-state index in [1.165, 1.54) is 17.2 Å². The predicted octanol–water partition coefficient (Wildman–Crippen LogP) is 2.62. The number of phosphoric ester groups is 1. The molecule has 4 rings (SSSR count). The normalized spacial score (nSPS) is 19.5. The predicted molar refractivity (Wildman–Crippen MR) is 89.0 cm³/mol. The molecule has 24 heavy (non-hydrogen) atoms. The first-order valence-electron chi connectivity index (χ1n) is 7.77. The molecule has 1 heterocycles. The highest BCUT2D eigenvalue weighted by Crippen LogP contribution is 2.53. The molecule has 1 atom stereocenters. The minimum absolute atomic E-state index is 0.138. The van der Waals surface area contributed by atoms with Gasteiger partial charge in [0.25, 0.3) is 0 Å². The molecule has 1 aliphatic heterocycles. The van der Waals surface area contributed by atoms with E-state index in [2.05, 4.69) is 18.0 Å². The average Bonchev–Trinajstić information content (AvgIpc) is 2.52. The lowest BCUT2D eigenvalue weighted by atomic mass is 9.77. The van der Waals surface area contributed by atoms with Gasteiger partial charge in [0.1, 0.15) is 0 Å². The molecule has 2 aromatic carbocycles. The summed E-state index contributed by atoms with van der Waals surface area (Å²) in [4.78, 5) is 20.7. The number of phenolic OH excluding ortho intramolecular Hbond substituents is 1. The molecule has 2 aromatic rings. The Morgan fingerprint density at radius 1 is 1.21 bits per heavy atom. The van der Waals surface area contributed by atoms with E-state index in [0.717, 1.165) is 24.1 Å². The molecule has 0 saturated heterocycles. The fourth-order valence-electron chi connectivity index (χ4n) is 3.87. The number of hydrogen-bond donors (Lipinski definition) is 3. The molecule has 126 valence electrons. The number of likely N-dealkylation sites (N-methyl/N-ethyl adjacent to an activating group) is 1. The molecule has 1 aliphatic carbocycles. The Balaban J connectivity index is 1.99. The molecule has 0 fully saturated rings. The lowest BCUT2D eigenvalue weighted by Gasteiger charge is -2.40. The Labute approximate surface area is 139 Å². The molecule has 0 aromatic heterocycles. The van der Waals surface area contributed by atoms with Crippen LogP contribution in [0.25, 0.3) is 11.1 Å². The van der Waals surface area contributed by atoms with Crippen molar-refractivity contribution >= 4 is 7.82 Å². The number of nitrogens with zero attached hydrogens (tertiary/aromatic N) is 1. The summed E-state index contributed by atoms with van der Waals surface area (Å²) in [5.74, 6) is -0.404. The van der Waals surface area contributed by atoms with Gasteiger partial charge in [-0.25, -0.2) is 4.57 Å². The zero-order valence-corrected chi connectivity index (χ0v) is 14.0. The van der Waals surface area contributed by atoms with Crippen LogP contribution in [-0.2, 0) is 17.4 Å². The van der Waals surface area contributed by atoms with E-state index < -0.39 is 7.82 Å². The number of phenols is 1. The van der Waals surface area contributed by atoms with Gasteiger partial charge >= 0.3 is 7.82 Å². The lowest BCUT2D eigenvalue weighted by molar-refractivity contribution is 0.228. The Morgan fingerprint density at radius 3 is 2.75 bits per heavy atom. The van der Waals surface area contributed by atoms with Gasteiger partial charge in [-0.1, -0.05) is 24.3 Å². The van der Waals surface area contributed by atoms with E-state index in [1.807, 2.05) is 12.1 Å². The van der Waals surface area contributed by atoms with Crippen LogP contribution in [0.15, 0.2) is 30.3 Å². The first-order chi connectivity index (χ1) is 11.3. The zero-order valence-electron chi connectivity index (χ0n) is 13.1. The number of hydrogen-bond acceptors (Lipinski definition) is 4. The third kappa shape index (κ3) is 2.43. The SMILES string of the molecule is CN1CCc2cccc3c2C1Cc1ccc(O)c(OP(=O)(O)O)c1-3. The average molecular weight is 347 g/mol. The third-order valence-electron chi connectivity index (χ3n) is 4.91. The summed E-state index contributed by atoms with van der Waals surface area (Å²) >= 11 is 0. The topological polar surface area (TPSA) is 90.2 Å². The molecule has 0 bridgehead atoms. The first kappa shape index (κ1) is 15.7. The number of rotatable bonds is 2. The smallest absolute Gasteiger partial charge is 0.504 e. The van der Waals surface area contributed by atoms with Gasteiger partial charge in [-0.3, -0.25) is 14.7 Å². The van der Waals surface area contributed by atoms with Crippen LogP contribution in [0.2, 0.25) is 0 Å². The van der Waals surface area contributed by atoms with Gasteiger partial charge in [-0.2, -0.15) is 0 Å². The molecule has 6 nitrogen and oxygen atoms in total. The van der Waals surface area contributed by atoms with Gasteiger partial charge in [0, 0.05) is 18.2 Å². The van der Waals surface area contributed by atoms with Crippen LogP contribution in [0, 0.1) is 0 Å². The summed E-state index contributed by atoms with van der Waals surface area (Å²) < 4.78 is 16.2. The molecule has 0 amide bonds. The molecule has 1 unspecified atom stereocenters. The van der Waals surface area contributed by atoms with E-state index in [9.17, 15) is 19.5 Å². The van der Waals surface area contributed by atoms with Gasteiger partial charge in [0.15, 0.2) is 11.5 Å². The lowest BCUT2D eigenvalue weighted by Crippen LogP contribution is -2.35. The van der Waals surface area contributed by atoms with Crippen molar-refractivity contribution in [1.82, 2.24) is 4.90 Å². The van der Waals surface area contributed by atoms with Gasteiger partial charge in [0.05, 0.1) is 0 Å². The van der Waals surface area contributed by atoms with E-state index in [4.69, 9.17) is 4.52 Å². The second kappa shape index (κ2) is 5.33. The van der Waals surface area contributed by atoms with E-state index in [-0.39, 0.29) is 17.5 Å². The Morgan fingerprint density at radius 2 is 2.00 bits per heavy atom. The molecule has 0 radical (unpaired) electrons.